The number of hydrogen-bond donors (Lipinski definition) is 0. The molecule has 0 aliphatic rings. The fraction of sp³-hybridized carbons (Fsp3) is 0.625. The second-order valence-corrected chi connectivity index (χ2v) is 4.77. The maximum absolute atomic E-state index is 4.34. The van der Waals surface area contributed by atoms with Gasteiger partial charge in [-0.1, -0.05) is 13.8 Å². The van der Waals surface area contributed by atoms with Crippen molar-refractivity contribution in [1.29, 1.82) is 0 Å². The summed E-state index contributed by atoms with van der Waals surface area (Å²) in [6.07, 6.45) is 4.12. The summed E-state index contributed by atoms with van der Waals surface area (Å²) in [7, 11) is 0. The van der Waals surface area contributed by atoms with Crippen molar-refractivity contribution in [3.63, 3.8) is 0 Å². The standard InChI is InChI=1S/C8H13NS2/c1-6(2)8-9-4-7(11-8)5-10-3/h4,6H,5H2,1-3H3. The van der Waals surface area contributed by atoms with Crippen LogP contribution < -0.4 is 0 Å². The maximum atomic E-state index is 4.34. The molecule has 0 aliphatic heterocycles. The summed E-state index contributed by atoms with van der Waals surface area (Å²) in [6, 6.07) is 0. The molecular weight excluding hydrogens is 174 g/mol. The molecular formula is C8H13NS2. The Bertz CT molecular complexity index is 218. The van der Waals surface area contributed by atoms with Crippen LogP contribution in [0.25, 0.3) is 0 Å². The van der Waals surface area contributed by atoms with Crippen molar-refractivity contribution in [2.45, 2.75) is 25.5 Å². The smallest absolute Gasteiger partial charge is 0.0953 e. The van der Waals surface area contributed by atoms with Gasteiger partial charge in [0, 0.05) is 22.7 Å². The normalized spacial score (nSPS) is 10.9. The van der Waals surface area contributed by atoms with E-state index in [0.29, 0.717) is 5.92 Å². The topological polar surface area (TPSA) is 12.9 Å². The minimum Gasteiger partial charge on any atom is -0.249 e. The van der Waals surface area contributed by atoms with Crippen LogP contribution in [0.2, 0.25) is 0 Å². The maximum Gasteiger partial charge on any atom is 0.0953 e. The SMILES string of the molecule is CSCc1cnc(C(C)C)s1. The van der Waals surface area contributed by atoms with Crippen LogP contribution >= 0.6 is 23.1 Å². The Hall–Kier alpha value is -0.0200. The number of hydrogen-bond acceptors (Lipinski definition) is 3. The first-order chi connectivity index (χ1) is 5.24. The van der Waals surface area contributed by atoms with E-state index in [4.69, 9.17) is 0 Å². The third-order valence-corrected chi connectivity index (χ3v) is 3.43. The highest BCUT2D eigenvalue weighted by atomic mass is 32.2. The lowest BCUT2D eigenvalue weighted by molar-refractivity contribution is 0.852. The van der Waals surface area contributed by atoms with E-state index in [-0.39, 0.29) is 0 Å². The summed E-state index contributed by atoms with van der Waals surface area (Å²) in [5.41, 5.74) is 0. The van der Waals surface area contributed by atoms with Crippen molar-refractivity contribution < 1.29 is 0 Å². The average Bonchev–Trinajstić information content (AvgIpc) is 2.37. The van der Waals surface area contributed by atoms with Gasteiger partial charge in [0.25, 0.3) is 0 Å². The van der Waals surface area contributed by atoms with E-state index >= 15 is 0 Å². The number of nitrogens with zero attached hydrogens (tertiary/aromatic N) is 1. The molecule has 0 fully saturated rings. The van der Waals surface area contributed by atoms with Gasteiger partial charge in [-0.25, -0.2) is 4.98 Å². The van der Waals surface area contributed by atoms with Crippen LogP contribution in [0.3, 0.4) is 0 Å². The van der Waals surface area contributed by atoms with Gasteiger partial charge in [0.2, 0.25) is 0 Å². The molecule has 0 aromatic carbocycles. The van der Waals surface area contributed by atoms with Gasteiger partial charge in [0.1, 0.15) is 0 Å². The molecule has 0 bridgehead atoms. The lowest BCUT2D eigenvalue weighted by Crippen LogP contribution is -1.81. The lowest BCUT2D eigenvalue weighted by Gasteiger charge is -1.95. The van der Waals surface area contributed by atoms with Crippen LogP contribution in [0.4, 0.5) is 0 Å². The van der Waals surface area contributed by atoms with Gasteiger partial charge in [0.05, 0.1) is 5.01 Å². The first-order valence-corrected chi connectivity index (χ1v) is 5.88. The highest BCUT2D eigenvalue weighted by Gasteiger charge is 2.04. The van der Waals surface area contributed by atoms with E-state index in [1.807, 2.05) is 29.3 Å². The lowest BCUT2D eigenvalue weighted by atomic mass is 10.2. The third-order valence-electron chi connectivity index (χ3n) is 1.35. The summed E-state index contributed by atoms with van der Waals surface area (Å²) in [5.74, 6) is 1.68. The Kier molecular flexibility index (Phi) is 3.40. The Morgan fingerprint density at radius 2 is 2.36 bits per heavy atom. The van der Waals surface area contributed by atoms with E-state index < -0.39 is 0 Å². The Morgan fingerprint density at radius 3 is 2.82 bits per heavy atom. The fourth-order valence-corrected chi connectivity index (χ4v) is 2.46. The summed E-state index contributed by atoms with van der Waals surface area (Å²) >= 11 is 3.68. The molecule has 0 unspecified atom stereocenters. The van der Waals surface area contributed by atoms with Gasteiger partial charge in [-0.05, 0) is 6.26 Å². The molecule has 0 amide bonds. The molecule has 0 atom stereocenters. The van der Waals surface area contributed by atoms with Crippen LogP contribution in [0, 0.1) is 0 Å². The van der Waals surface area contributed by atoms with Gasteiger partial charge >= 0.3 is 0 Å². The molecule has 0 N–H and O–H groups in total. The number of thioether (sulfide) groups is 1. The van der Waals surface area contributed by atoms with Crippen LogP contribution in [0.1, 0.15) is 29.7 Å². The monoisotopic (exact) mass is 187 g/mol. The highest BCUT2D eigenvalue weighted by molar-refractivity contribution is 7.97. The van der Waals surface area contributed by atoms with Crippen molar-refractivity contribution in [3.05, 3.63) is 16.1 Å². The zero-order chi connectivity index (χ0) is 8.27. The first kappa shape index (κ1) is 9.07. The van der Waals surface area contributed by atoms with Crippen molar-refractivity contribution in [2.75, 3.05) is 6.26 Å². The molecule has 1 heterocycles. The number of thiazole rings is 1. The minimum absolute atomic E-state index is 0.579. The average molecular weight is 187 g/mol. The molecule has 0 aliphatic carbocycles. The van der Waals surface area contributed by atoms with Gasteiger partial charge in [-0.15, -0.1) is 11.3 Å². The van der Waals surface area contributed by atoms with E-state index in [0.717, 1.165) is 5.75 Å². The van der Waals surface area contributed by atoms with E-state index in [9.17, 15) is 0 Å². The van der Waals surface area contributed by atoms with Gasteiger partial charge in [0.15, 0.2) is 0 Å². The van der Waals surface area contributed by atoms with Crippen LogP contribution in [-0.2, 0) is 5.75 Å². The highest BCUT2D eigenvalue weighted by Crippen LogP contribution is 2.23. The first-order valence-electron chi connectivity index (χ1n) is 3.67. The molecule has 1 aromatic rings. The van der Waals surface area contributed by atoms with Crippen molar-refractivity contribution >= 4 is 23.1 Å². The van der Waals surface area contributed by atoms with Crippen molar-refractivity contribution in [1.82, 2.24) is 4.98 Å². The summed E-state index contributed by atoms with van der Waals surface area (Å²) in [6.45, 7) is 4.36. The third kappa shape index (κ3) is 2.49. The van der Waals surface area contributed by atoms with Gasteiger partial charge in [-0.3, -0.25) is 0 Å². The van der Waals surface area contributed by atoms with Crippen molar-refractivity contribution in [3.8, 4) is 0 Å². The van der Waals surface area contributed by atoms with Crippen LogP contribution in [0.15, 0.2) is 6.20 Å². The number of aromatic nitrogens is 1. The Morgan fingerprint density at radius 1 is 1.64 bits per heavy atom. The molecule has 1 nitrogen and oxygen atoms in total. The predicted octanol–water partition coefficient (Wildman–Crippen LogP) is 3.13. The molecule has 62 valence electrons. The second kappa shape index (κ2) is 4.12. The number of rotatable bonds is 3. The fourth-order valence-electron chi connectivity index (χ4n) is 0.799. The van der Waals surface area contributed by atoms with Crippen molar-refractivity contribution in [2.24, 2.45) is 0 Å². The summed E-state index contributed by atoms with van der Waals surface area (Å²) in [5, 5.41) is 1.26. The molecule has 0 saturated heterocycles. The Balaban J connectivity index is 2.66. The van der Waals surface area contributed by atoms with Gasteiger partial charge in [-0.2, -0.15) is 11.8 Å². The molecule has 0 spiro atoms. The molecule has 1 aromatic heterocycles. The largest absolute Gasteiger partial charge is 0.249 e. The molecule has 0 radical (unpaired) electrons. The summed E-state index contributed by atoms with van der Waals surface area (Å²) < 4.78 is 0. The zero-order valence-corrected chi connectivity index (χ0v) is 8.76. The van der Waals surface area contributed by atoms with Crippen LogP contribution in [0.5, 0.6) is 0 Å². The molecule has 1 rings (SSSR count). The van der Waals surface area contributed by atoms with E-state index in [2.05, 4.69) is 25.1 Å². The molecule has 3 heteroatoms. The zero-order valence-electron chi connectivity index (χ0n) is 7.13. The minimum atomic E-state index is 0.579. The van der Waals surface area contributed by atoms with Gasteiger partial charge < -0.3 is 0 Å². The van der Waals surface area contributed by atoms with Crippen LogP contribution in [-0.4, -0.2) is 11.2 Å². The Labute approximate surface area is 76.2 Å². The quantitative estimate of drug-likeness (QED) is 0.721. The summed E-state index contributed by atoms with van der Waals surface area (Å²) in [4.78, 5) is 5.73. The predicted molar refractivity (Wildman–Crippen MR) is 53.4 cm³/mol. The second-order valence-electron chi connectivity index (χ2n) is 2.75. The molecule has 11 heavy (non-hydrogen) atoms. The van der Waals surface area contributed by atoms with E-state index in [1.165, 1.54) is 9.88 Å². The molecule has 0 saturated carbocycles. The van der Waals surface area contributed by atoms with E-state index in [1.54, 1.807) is 0 Å².